The SMILES string of the molecule is CN=C(NCc1ccc(S(=O)(=O)NC)cc1)N1CC(C)OC(c2ccc(F)cc2)C1. The van der Waals surface area contributed by atoms with Gasteiger partial charge in [-0.25, -0.2) is 17.5 Å². The van der Waals surface area contributed by atoms with E-state index in [9.17, 15) is 12.8 Å². The van der Waals surface area contributed by atoms with E-state index in [-0.39, 0.29) is 22.9 Å². The Morgan fingerprint density at radius 2 is 1.83 bits per heavy atom. The first kappa shape index (κ1) is 22.2. The molecule has 2 atom stereocenters. The molecule has 1 aliphatic rings. The smallest absolute Gasteiger partial charge is 0.240 e. The van der Waals surface area contributed by atoms with Crippen LogP contribution in [0.4, 0.5) is 4.39 Å². The highest BCUT2D eigenvalue weighted by Crippen LogP contribution is 2.25. The van der Waals surface area contributed by atoms with Crippen LogP contribution in [0.15, 0.2) is 58.4 Å². The molecule has 7 nitrogen and oxygen atoms in total. The zero-order valence-electron chi connectivity index (χ0n) is 17.3. The molecule has 30 heavy (non-hydrogen) atoms. The molecule has 1 heterocycles. The van der Waals surface area contributed by atoms with Crippen LogP contribution < -0.4 is 10.0 Å². The maximum atomic E-state index is 13.2. The second kappa shape index (κ2) is 9.55. The minimum Gasteiger partial charge on any atom is -0.367 e. The van der Waals surface area contributed by atoms with Gasteiger partial charge in [0.15, 0.2) is 5.96 Å². The molecule has 0 radical (unpaired) electrons. The van der Waals surface area contributed by atoms with Crippen molar-refractivity contribution in [2.75, 3.05) is 27.2 Å². The van der Waals surface area contributed by atoms with Gasteiger partial charge >= 0.3 is 0 Å². The van der Waals surface area contributed by atoms with Crippen LogP contribution in [0.2, 0.25) is 0 Å². The fourth-order valence-electron chi connectivity index (χ4n) is 3.40. The van der Waals surface area contributed by atoms with Crippen LogP contribution in [-0.2, 0) is 21.3 Å². The molecule has 0 amide bonds. The maximum Gasteiger partial charge on any atom is 0.240 e. The van der Waals surface area contributed by atoms with Crippen LogP contribution in [-0.4, -0.2) is 52.6 Å². The number of aliphatic imine (C=N–C) groups is 1. The number of benzene rings is 2. The van der Waals surface area contributed by atoms with Crippen molar-refractivity contribution in [3.63, 3.8) is 0 Å². The lowest BCUT2D eigenvalue weighted by atomic mass is 10.1. The summed E-state index contributed by atoms with van der Waals surface area (Å²) < 4.78 is 45.3. The number of nitrogens with one attached hydrogen (secondary N) is 2. The predicted octanol–water partition coefficient (Wildman–Crippen LogP) is 2.27. The number of rotatable bonds is 5. The van der Waals surface area contributed by atoms with E-state index in [1.807, 2.05) is 6.92 Å². The minimum atomic E-state index is -3.45. The Morgan fingerprint density at radius 3 is 2.43 bits per heavy atom. The van der Waals surface area contributed by atoms with Crippen molar-refractivity contribution >= 4 is 16.0 Å². The topological polar surface area (TPSA) is 83.0 Å². The van der Waals surface area contributed by atoms with Crippen molar-refractivity contribution in [3.05, 3.63) is 65.5 Å². The number of guanidine groups is 1. The molecule has 2 aromatic rings. The first-order valence-electron chi connectivity index (χ1n) is 9.71. The van der Waals surface area contributed by atoms with Crippen LogP contribution in [0.5, 0.6) is 0 Å². The summed E-state index contributed by atoms with van der Waals surface area (Å²) in [5.74, 6) is 0.453. The van der Waals surface area contributed by atoms with Crippen LogP contribution in [0.1, 0.15) is 24.2 Å². The second-order valence-corrected chi connectivity index (χ2v) is 9.03. The zero-order valence-corrected chi connectivity index (χ0v) is 18.1. The van der Waals surface area contributed by atoms with Crippen molar-refractivity contribution in [2.45, 2.75) is 30.6 Å². The first-order valence-corrected chi connectivity index (χ1v) is 11.2. The minimum absolute atomic E-state index is 0.0154. The number of ether oxygens (including phenoxy) is 1. The van der Waals surface area contributed by atoms with Crippen molar-refractivity contribution < 1.29 is 17.5 Å². The van der Waals surface area contributed by atoms with Gasteiger partial charge in [-0.1, -0.05) is 24.3 Å². The van der Waals surface area contributed by atoms with Crippen molar-refractivity contribution in [1.29, 1.82) is 0 Å². The summed E-state index contributed by atoms with van der Waals surface area (Å²) in [5.41, 5.74) is 1.85. The predicted molar refractivity (Wildman–Crippen MR) is 114 cm³/mol. The van der Waals surface area contributed by atoms with E-state index in [1.54, 1.807) is 43.4 Å². The molecule has 1 fully saturated rings. The lowest BCUT2D eigenvalue weighted by Crippen LogP contribution is -2.50. The quantitative estimate of drug-likeness (QED) is 0.557. The summed E-state index contributed by atoms with van der Waals surface area (Å²) in [7, 11) is -0.343. The summed E-state index contributed by atoms with van der Waals surface area (Å²) in [5, 5.41) is 3.32. The zero-order chi connectivity index (χ0) is 21.7. The molecular formula is C21H27FN4O3S. The molecule has 9 heteroatoms. The van der Waals surface area contributed by atoms with Crippen LogP contribution >= 0.6 is 0 Å². The highest BCUT2D eigenvalue weighted by atomic mass is 32.2. The Labute approximate surface area is 177 Å². The molecule has 0 saturated carbocycles. The van der Waals surface area contributed by atoms with Crippen molar-refractivity contribution in [3.8, 4) is 0 Å². The number of sulfonamides is 1. The second-order valence-electron chi connectivity index (χ2n) is 7.14. The summed E-state index contributed by atoms with van der Waals surface area (Å²) in [6, 6.07) is 13.1. The summed E-state index contributed by atoms with van der Waals surface area (Å²) in [4.78, 5) is 6.72. The molecule has 1 aliphatic heterocycles. The molecule has 0 bridgehead atoms. The van der Waals surface area contributed by atoms with Gasteiger partial charge in [-0.3, -0.25) is 4.99 Å². The number of hydrogen-bond acceptors (Lipinski definition) is 4. The molecule has 0 aliphatic carbocycles. The standard InChI is InChI=1S/C21H27FN4O3S/c1-15-13-26(14-20(29-15)17-6-8-18(22)9-7-17)21(23-2)25-12-16-4-10-19(11-5-16)30(27,28)24-3/h4-11,15,20,24H,12-14H2,1-3H3,(H,23,25). The lowest BCUT2D eigenvalue weighted by molar-refractivity contribution is -0.0605. The number of halogens is 1. The third kappa shape index (κ3) is 5.35. The van der Waals surface area contributed by atoms with E-state index >= 15 is 0 Å². The van der Waals surface area contributed by atoms with Crippen LogP contribution in [0.3, 0.4) is 0 Å². The monoisotopic (exact) mass is 434 g/mol. The van der Waals surface area contributed by atoms with Crippen molar-refractivity contribution in [1.82, 2.24) is 14.9 Å². The third-order valence-corrected chi connectivity index (χ3v) is 6.40. The van der Waals surface area contributed by atoms with E-state index in [4.69, 9.17) is 4.74 Å². The highest BCUT2D eigenvalue weighted by molar-refractivity contribution is 7.89. The Morgan fingerprint density at radius 1 is 1.17 bits per heavy atom. The third-order valence-electron chi connectivity index (χ3n) is 4.97. The lowest BCUT2D eigenvalue weighted by Gasteiger charge is -2.38. The number of hydrogen-bond donors (Lipinski definition) is 2. The van der Waals surface area contributed by atoms with Crippen LogP contribution in [0.25, 0.3) is 0 Å². The highest BCUT2D eigenvalue weighted by Gasteiger charge is 2.28. The molecule has 2 unspecified atom stereocenters. The molecule has 162 valence electrons. The van der Waals surface area contributed by atoms with E-state index in [0.717, 1.165) is 17.1 Å². The molecular weight excluding hydrogens is 407 g/mol. The molecule has 2 N–H and O–H groups in total. The molecule has 0 aromatic heterocycles. The van der Waals surface area contributed by atoms with Gasteiger partial charge in [-0.2, -0.15) is 0 Å². The maximum absolute atomic E-state index is 13.2. The van der Waals surface area contributed by atoms with E-state index in [1.165, 1.54) is 19.2 Å². The molecule has 3 rings (SSSR count). The van der Waals surface area contributed by atoms with Gasteiger partial charge in [-0.15, -0.1) is 0 Å². The fourth-order valence-corrected chi connectivity index (χ4v) is 4.13. The molecule has 0 spiro atoms. The van der Waals surface area contributed by atoms with Crippen LogP contribution in [0, 0.1) is 5.82 Å². The average Bonchev–Trinajstić information content (AvgIpc) is 2.74. The molecule has 1 saturated heterocycles. The Hall–Kier alpha value is -2.49. The van der Waals surface area contributed by atoms with Gasteiger partial charge in [-0.05, 0) is 49.4 Å². The van der Waals surface area contributed by atoms with Gasteiger partial charge in [0.25, 0.3) is 0 Å². The first-order chi connectivity index (χ1) is 14.3. The van der Waals surface area contributed by atoms with Gasteiger partial charge < -0.3 is 15.0 Å². The Kier molecular flexibility index (Phi) is 7.06. The van der Waals surface area contributed by atoms with Gasteiger partial charge in [0.1, 0.15) is 11.9 Å². The summed E-state index contributed by atoms with van der Waals surface area (Å²) in [6.07, 6.45) is -0.197. The van der Waals surface area contributed by atoms with Crippen molar-refractivity contribution in [2.24, 2.45) is 4.99 Å². The van der Waals surface area contributed by atoms with E-state index < -0.39 is 10.0 Å². The van der Waals surface area contributed by atoms with Gasteiger partial charge in [0, 0.05) is 20.1 Å². The van der Waals surface area contributed by atoms with Gasteiger partial charge in [0.2, 0.25) is 10.0 Å². The van der Waals surface area contributed by atoms with E-state index in [0.29, 0.717) is 19.6 Å². The normalized spacial score (nSPS) is 20.3. The Balaban J connectivity index is 1.66. The summed E-state index contributed by atoms with van der Waals surface area (Å²) in [6.45, 7) is 3.77. The Bertz CT molecular complexity index is 978. The summed E-state index contributed by atoms with van der Waals surface area (Å²) >= 11 is 0. The fraction of sp³-hybridized carbons (Fsp3) is 0.381. The molecule has 2 aromatic carbocycles. The number of nitrogens with zero attached hydrogens (tertiary/aromatic N) is 2. The van der Waals surface area contributed by atoms with Gasteiger partial charge in [0.05, 0.1) is 17.5 Å². The van der Waals surface area contributed by atoms with E-state index in [2.05, 4.69) is 19.9 Å². The largest absolute Gasteiger partial charge is 0.367 e. The average molecular weight is 435 g/mol. The number of morpholine rings is 1.